The van der Waals surface area contributed by atoms with Gasteiger partial charge < -0.3 is 10.0 Å². The Morgan fingerprint density at radius 2 is 1.75 bits per heavy atom. The van der Waals surface area contributed by atoms with Crippen molar-refractivity contribution in [1.29, 1.82) is 0 Å². The fourth-order valence-corrected chi connectivity index (χ4v) is 3.28. The summed E-state index contributed by atoms with van der Waals surface area (Å²) < 4.78 is 0. The van der Waals surface area contributed by atoms with Crippen LogP contribution < -0.4 is 4.90 Å². The monoisotopic (exact) mass is 276 g/mol. The highest BCUT2D eigenvalue weighted by molar-refractivity contribution is 5.90. The van der Waals surface area contributed by atoms with Crippen molar-refractivity contribution in [2.75, 3.05) is 31.1 Å². The van der Waals surface area contributed by atoms with E-state index in [-0.39, 0.29) is 5.69 Å². The molecule has 0 radical (unpaired) electrons. The van der Waals surface area contributed by atoms with Crippen LogP contribution in [0.1, 0.15) is 36.2 Å². The maximum absolute atomic E-state index is 11.2. The van der Waals surface area contributed by atoms with Crippen LogP contribution in [0.5, 0.6) is 0 Å². The van der Waals surface area contributed by atoms with Crippen LogP contribution >= 0.6 is 0 Å². The molecule has 0 bridgehead atoms. The first-order chi connectivity index (χ1) is 9.75. The number of nitrogens with zero attached hydrogens (tertiary/aromatic N) is 4. The number of carbonyl (C=O) groups is 1. The van der Waals surface area contributed by atoms with Gasteiger partial charge in [-0.3, -0.25) is 4.90 Å². The van der Waals surface area contributed by atoms with E-state index in [1.807, 2.05) is 4.90 Å². The Morgan fingerprint density at radius 1 is 1.10 bits per heavy atom. The average Bonchev–Trinajstić information content (AvgIpc) is 3.02. The zero-order valence-electron chi connectivity index (χ0n) is 11.5. The van der Waals surface area contributed by atoms with Crippen LogP contribution in [0.4, 0.5) is 5.82 Å². The molecule has 2 heterocycles. The molecule has 0 unspecified atom stereocenters. The minimum atomic E-state index is -1.01. The van der Waals surface area contributed by atoms with E-state index in [4.69, 9.17) is 0 Å². The van der Waals surface area contributed by atoms with Crippen LogP contribution in [0.25, 0.3) is 0 Å². The van der Waals surface area contributed by atoms with E-state index in [1.165, 1.54) is 31.9 Å². The third-order valence-corrected chi connectivity index (χ3v) is 4.34. The van der Waals surface area contributed by atoms with E-state index in [9.17, 15) is 9.90 Å². The van der Waals surface area contributed by atoms with Crippen LogP contribution in [0.15, 0.2) is 12.4 Å². The number of carboxylic acids is 1. The molecule has 1 saturated heterocycles. The average molecular weight is 276 g/mol. The topological polar surface area (TPSA) is 69.6 Å². The number of carboxylic acid groups (broad SMARTS) is 1. The number of piperazine rings is 1. The van der Waals surface area contributed by atoms with Gasteiger partial charge in [0, 0.05) is 44.6 Å². The molecule has 108 valence electrons. The van der Waals surface area contributed by atoms with Crippen molar-refractivity contribution in [3.63, 3.8) is 0 Å². The Morgan fingerprint density at radius 3 is 2.40 bits per heavy atom. The standard InChI is InChI=1S/C14H20N4O2/c19-14(20)12-13(16-6-5-15-12)18-9-7-17(8-10-18)11-3-1-2-4-11/h5-6,11H,1-4,7-10H2,(H,19,20). The van der Waals surface area contributed by atoms with E-state index < -0.39 is 5.97 Å². The SMILES string of the molecule is O=C(O)c1nccnc1N1CCN(C2CCCC2)CC1. The molecule has 1 aromatic heterocycles. The van der Waals surface area contributed by atoms with Crippen LogP contribution in [0, 0.1) is 0 Å². The highest BCUT2D eigenvalue weighted by Gasteiger charge is 2.28. The predicted octanol–water partition coefficient (Wildman–Crippen LogP) is 1.24. The number of rotatable bonds is 3. The first-order valence-electron chi connectivity index (χ1n) is 7.29. The van der Waals surface area contributed by atoms with Crippen molar-refractivity contribution < 1.29 is 9.90 Å². The van der Waals surface area contributed by atoms with Gasteiger partial charge in [-0.1, -0.05) is 12.8 Å². The van der Waals surface area contributed by atoms with Gasteiger partial charge in [-0.2, -0.15) is 0 Å². The second kappa shape index (κ2) is 5.75. The van der Waals surface area contributed by atoms with E-state index in [1.54, 1.807) is 6.20 Å². The van der Waals surface area contributed by atoms with Crippen LogP contribution in [-0.4, -0.2) is 58.2 Å². The first-order valence-corrected chi connectivity index (χ1v) is 7.29. The summed E-state index contributed by atoms with van der Waals surface area (Å²) in [5, 5.41) is 9.18. The van der Waals surface area contributed by atoms with Crippen molar-refractivity contribution >= 4 is 11.8 Å². The van der Waals surface area contributed by atoms with Crippen molar-refractivity contribution in [2.24, 2.45) is 0 Å². The maximum Gasteiger partial charge on any atom is 0.358 e. The van der Waals surface area contributed by atoms with Gasteiger partial charge in [0.25, 0.3) is 0 Å². The summed E-state index contributed by atoms with van der Waals surface area (Å²) in [7, 11) is 0. The largest absolute Gasteiger partial charge is 0.476 e. The fraction of sp³-hybridized carbons (Fsp3) is 0.643. The molecular weight excluding hydrogens is 256 g/mol. The molecule has 3 rings (SSSR count). The smallest absolute Gasteiger partial charge is 0.358 e. The lowest BCUT2D eigenvalue weighted by molar-refractivity contribution is 0.0690. The number of hydrogen-bond acceptors (Lipinski definition) is 5. The Balaban J connectivity index is 1.67. The van der Waals surface area contributed by atoms with Gasteiger partial charge in [0.05, 0.1) is 0 Å². The molecule has 1 aliphatic carbocycles. The van der Waals surface area contributed by atoms with Crippen LogP contribution in [-0.2, 0) is 0 Å². The predicted molar refractivity (Wildman–Crippen MR) is 75.0 cm³/mol. The molecule has 0 atom stereocenters. The van der Waals surface area contributed by atoms with Gasteiger partial charge in [-0.05, 0) is 12.8 Å². The Hall–Kier alpha value is -1.69. The lowest BCUT2D eigenvalue weighted by atomic mass is 10.2. The summed E-state index contributed by atoms with van der Waals surface area (Å²) in [5.41, 5.74) is 0.0572. The third-order valence-electron chi connectivity index (χ3n) is 4.34. The van der Waals surface area contributed by atoms with Gasteiger partial charge in [0.2, 0.25) is 0 Å². The Labute approximate surface area is 118 Å². The molecule has 2 fully saturated rings. The van der Waals surface area contributed by atoms with E-state index >= 15 is 0 Å². The Kier molecular flexibility index (Phi) is 3.82. The van der Waals surface area contributed by atoms with Crippen molar-refractivity contribution in [2.45, 2.75) is 31.7 Å². The van der Waals surface area contributed by atoms with Crippen molar-refractivity contribution in [3.8, 4) is 0 Å². The van der Waals surface area contributed by atoms with Crippen LogP contribution in [0.2, 0.25) is 0 Å². The molecule has 2 aliphatic rings. The third kappa shape index (κ3) is 2.60. The molecule has 6 heteroatoms. The summed E-state index contributed by atoms with van der Waals surface area (Å²) >= 11 is 0. The minimum absolute atomic E-state index is 0.0572. The van der Waals surface area contributed by atoms with E-state index in [0.29, 0.717) is 5.82 Å². The minimum Gasteiger partial charge on any atom is -0.476 e. The number of anilines is 1. The molecule has 20 heavy (non-hydrogen) atoms. The molecular formula is C14H20N4O2. The number of hydrogen-bond donors (Lipinski definition) is 1. The zero-order chi connectivity index (χ0) is 13.9. The summed E-state index contributed by atoms with van der Waals surface area (Å²) in [6.45, 7) is 3.63. The molecule has 0 spiro atoms. The first kappa shape index (κ1) is 13.3. The normalized spacial score (nSPS) is 21.3. The quantitative estimate of drug-likeness (QED) is 0.895. The molecule has 0 amide bonds. The summed E-state index contributed by atoms with van der Waals surface area (Å²) in [6, 6.07) is 0.734. The summed E-state index contributed by atoms with van der Waals surface area (Å²) in [5.74, 6) is -0.502. The van der Waals surface area contributed by atoms with Gasteiger partial charge in [-0.15, -0.1) is 0 Å². The fourth-order valence-electron chi connectivity index (χ4n) is 3.28. The molecule has 1 aromatic rings. The Bertz CT molecular complexity index is 480. The molecule has 1 aliphatic heterocycles. The number of aromatic carboxylic acids is 1. The van der Waals surface area contributed by atoms with Gasteiger partial charge in [0.15, 0.2) is 11.5 Å². The maximum atomic E-state index is 11.2. The van der Waals surface area contributed by atoms with Gasteiger partial charge >= 0.3 is 5.97 Å². The van der Waals surface area contributed by atoms with E-state index in [0.717, 1.165) is 32.2 Å². The van der Waals surface area contributed by atoms with Crippen LogP contribution in [0.3, 0.4) is 0 Å². The second-order valence-electron chi connectivity index (χ2n) is 5.50. The lowest BCUT2D eigenvalue weighted by Crippen LogP contribution is -2.50. The molecule has 6 nitrogen and oxygen atoms in total. The van der Waals surface area contributed by atoms with Gasteiger partial charge in [0.1, 0.15) is 0 Å². The lowest BCUT2D eigenvalue weighted by Gasteiger charge is -2.38. The van der Waals surface area contributed by atoms with Gasteiger partial charge in [-0.25, -0.2) is 14.8 Å². The zero-order valence-corrected chi connectivity index (χ0v) is 11.5. The highest BCUT2D eigenvalue weighted by atomic mass is 16.4. The van der Waals surface area contributed by atoms with E-state index in [2.05, 4.69) is 14.9 Å². The highest BCUT2D eigenvalue weighted by Crippen LogP contribution is 2.25. The number of aromatic nitrogens is 2. The summed E-state index contributed by atoms with van der Waals surface area (Å²) in [6.07, 6.45) is 8.31. The van der Waals surface area contributed by atoms with Crippen molar-refractivity contribution in [3.05, 3.63) is 18.1 Å². The van der Waals surface area contributed by atoms with Crippen molar-refractivity contribution in [1.82, 2.24) is 14.9 Å². The second-order valence-corrected chi connectivity index (χ2v) is 5.50. The summed E-state index contributed by atoms with van der Waals surface area (Å²) in [4.78, 5) is 23.9. The molecule has 0 aromatic carbocycles. The molecule has 1 N–H and O–H groups in total. The molecule has 1 saturated carbocycles.